The summed E-state index contributed by atoms with van der Waals surface area (Å²) in [5.74, 6) is -0.532. The number of nitrogens with zero attached hydrogens (tertiary/aromatic N) is 2. The van der Waals surface area contributed by atoms with Gasteiger partial charge >= 0.3 is 12.5 Å². The highest BCUT2D eigenvalue weighted by atomic mass is 32.2. The van der Waals surface area contributed by atoms with Gasteiger partial charge in [0.15, 0.2) is 0 Å². The third-order valence-electron chi connectivity index (χ3n) is 4.12. The number of anilines is 1. The fraction of sp³-hybridized carbons (Fsp3) is 0.190. The van der Waals surface area contributed by atoms with Crippen molar-refractivity contribution < 1.29 is 35.9 Å². The Hall–Kier alpha value is -3.28. The van der Waals surface area contributed by atoms with Gasteiger partial charge in [-0.1, -0.05) is 19.1 Å². The van der Waals surface area contributed by atoms with Crippen molar-refractivity contribution in [3.8, 4) is 16.9 Å². The van der Waals surface area contributed by atoms with Crippen molar-refractivity contribution in [2.45, 2.75) is 24.4 Å². The van der Waals surface area contributed by atoms with Crippen LogP contribution in [-0.2, 0) is 6.18 Å². The number of amides is 1. The van der Waals surface area contributed by atoms with Crippen molar-refractivity contribution >= 4 is 23.5 Å². The molecule has 1 amide bonds. The summed E-state index contributed by atoms with van der Waals surface area (Å²) in [5.41, 5.74) is 0.182. The maximum absolute atomic E-state index is 12.7. The number of nitrogens with one attached hydrogen (secondary N) is 1. The molecule has 5 nitrogen and oxygen atoms in total. The number of ether oxygens (including phenoxy) is 1. The van der Waals surface area contributed by atoms with Gasteiger partial charge in [0.05, 0.1) is 5.56 Å². The van der Waals surface area contributed by atoms with E-state index in [9.17, 15) is 31.1 Å². The molecule has 0 spiro atoms. The summed E-state index contributed by atoms with van der Waals surface area (Å²) in [6.45, 7) is 1.85. The number of thioether (sulfide) groups is 1. The fourth-order valence-electron chi connectivity index (χ4n) is 2.70. The number of pyridine rings is 2. The standard InChI is InChI=1S/C21H15F6N3O2S/c1-2-33-16-9-13(12-3-6-15(7-4-12)32-21(25,26)27)10-29-18(16)19(31)30-17-8-5-14(11-28-17)20(22,23)24/h3-11H,2H2,1H3,(H,28,30,31). The lowest BCUT2D eigenvalue weighted by Crippen LogP contribution is -2.17. The number of aromatic nitrogens is 2. The zero-order valence-corrected chi connectivity index (χ0v) is 17.6. The van der Waals surface area contributed by atoms with Crippen LogP contribution in [0, 0.1) is 0 Å². The molecule has 12 heteroatoms. The van der Waals surface area contributed by atoms with E-state index in [0.717, 1.165) is 24.3 Å². The van der Waals surface area contributed by atoms with Crippen LogP contribution in [0.1, 0.15) is 23.0 Å². The minimum absolute atomic E-state index is 0.0318. The first-order chi connectivity index (χ1) is 15.5. The lowest BCUT2D eigenvalue weighted by molar-refractivity contribution is -0.274. The molecule has 0 radical (unpaired) electrons. The molecule has 0 aliphatic heterocycles. The van der Waals surface area contributed by atoms with Crippen LogP contribution in [0.2, 0.25) is 0 Å². The molecule has 1 aromatic carbocycles. The van der Waals surface area contributed by atoms with Crippen LogP contribution >= 0.6 is 11.8 Å². The number of benzene rings is 1. The van der Waals surface area contributed by atoms with E-state index in [-0.39, 0.29) is 17.3 Å². The van der Waals surface area contributed by atoms with Crippen molar-refractivity contribution in [2.24, 2.45) is 0 Å². The molecule has 0 saturated carbocycles. The summed E-state index contributed by atoms with van der Waals surface area (Å²) in [5, 5.41) is 2.41. The van der Waals surface area contributed by atoms with Crippen LogP contribution < -0.4 is 10.1 Å². The van der Waals surface area contributed by atoms with Gasteiger partial charge < -0.3 is 10.1 Å². The molecule has 1 N–H and O–H groups in total. The Morgan fingerprint density at radius 3 is 2.21 bits per heavy atom. The average Bonchev–Trinajstić information content (AvgIpc) is 2.73. The quantitative estimate of drug-likeness (QED) is 0.321. The van der Waals surface area contributed by atoms with Crippen molar-refractivity contribution in [2.75, 3.05) is 11.1 Å². The number of rotatable bonds is 6. The largest absolute Gasteiger partial charge is 0.573 e. The number of carbonyl (C=O) groups excluding carboxylic acids is 1. The predicted molar refractivity (Wildman–Crippen MR) is 110 cm³/mol. The molecule has 3 rings (SSSR count). The smallest absolute Gasteiger partial charge is 0.406 e. The van der Waals surface area contributed by atoms with Crippen molar-refractivity contribution in [1.82, 2.24) is 9.97 Å². The van der Waals surface area contributed by atoms with Gasteiger partial charge in [-0.3, -0.25) is 4.79 Å². The van der Waals surface area contributed by atoms with E-state index in [0.29, 0.717) is 28.0 Å². The van der Waals surface area contributed by atoms with E-state index in [2.05, 4.69) is 20.0 Å². The second kappa shape index (κ2) is 9.69. The topological polar surface area (TPSA) is 64.1 Å². The zero-order chi connectivity index (χ0) is 24.2. The number of hydrogen-bond donors (Lipinski definition) is 1. The predicted octanol–water partition coefficient (Wildman–Crippen LogP) is 6.43. The monoisotopic (exact) mass is 487 g/mol. The number of carbonyl (C=O) groups is 1. The second-order valence-corrected chi connectivity index (χ2v) is 7.77. The van der Waals surface area contributed by atoms with E-state index in [1.54, 1.807) is 6.07 Å². The molecule has 3 aromatic rings. The highest BCUT2D eigenvalue weighted by Crippen LogP contribution is 2.31. The van der Waals surface area contributed by atoms with Crippen molar-refractivity contribution in [3.05, 3.63) is 66.1 Å². The molecule has 2 aromatic heterocycles. The molecule has 33 heavy (non-hydrogen) atoms. The maximum atomic E-state index is 12.7. The van der Waals surface area contributed by atoms with Crippen molar-refractivity contribution in [1.29, 1.82) is 0 Å². The molecule has 0 fully saturated rings. The Kier molecular flexibility index (Phi) is 7.15. The van der Waals surface area contributed by atoms with Crippen LogP contribution in [0.25, 0.3) is 11.1 Å². The summed E-state index contributed by atoms with van der Waals surface area (Å²) in [4.78, 5) is 20.9. The van der Waals surface area contributed by atoms with Gasteiger partial charge in [-0.05, 0) is 41.6 Å². The Morgan fingerprint density at radius 2 is 1.67 bits per heavy atom. The van der Waals surface area contributed by atoms with Crippen molar-refractivity contribution in [3.63, 3.8) is 0 Å². The summed E-state index contributed by atoms with van der Waals surface area (Å²) < 4.78 is 78.8. The van der Waals surface area contributed by atoms with E-state index >= 15 is 0 Å². The number of alkyl halides is 6. The maximum Gasteiger partial charge on any atom is 0.573 e. The normalized spacial score (nSPS) is 11.8. The van der Waals surface area contributed by atoms with Gasteiger partial charge in [-0.25, -0.2) is 9.97 Å². The Balaban J connectivity index is 1.81. The summed E-state index contributed by atoms with van der Waals surface area (Å²) in [6, 6.07) is 8.64. The Morgan fingerprint density at radius 1 is 0.970 bits per heavy atom. The van der Waals surface area contributed by atoms with Crippen LogP contribution in [-0.4, -0.2) is 28.0 Å². The third kappa shape index (κ3) is 6.60. The Labute approximate surface area is 188 Å². The first-order valence-electron chi connectivity index (χ1n) is 9.30. The number of hydrogen-bond acceptors (Lipinski definition) is 5. The summed E-state index contributed by atoms with van der Waals surface area (Å²) >= 11 is 1.30. The highest BCUT2D eigenvalue weighted by molar-refractivity contribution is 7.99. The van der Waals surface area contributed by atoms with Gasteiger partial charge in [-0.15, -0.1) is 24.9 Å². The molecule has 0 saturated heterocycles. The van der Waals surface area contributed by atoms with Gasteiger partial charge in [0.25, 0.3) is 5.91 Å². The Bertz CT molecular complexity index is 1120. The van der Waals surface area contributed by atoms with E-state index in [1.165, 1.54) is 30.1 Å². The van der Waals surface area contributed by atoms with E-state index < -0.39 is 24.0 Å². The number of halogens is 6. The minimum atomic E-state index is -4.80. The zero-order valence-electron chi connectivity index (χ0n) is 16.8. The summed E-state index contributed by atoms with van der Waals surface area (Å²) in [7, 11) is 0. The lowest BCUT2D eigenvalue weighted by Gasteiger charge is -2.12. The van der Waals surface area contributed by atoms with E-state index in [4.69, 9.17) is 0 Å². The lowest BCUT2D eigenvalue weighted by atomic mass is 10.1. The molecule has 174 valence electrons. The first-order valence-corrected chi connectivity index (χ1v) is 10.3. The molecular formula is C21H15F6N3O2S. The molecule has 0 unspecified atom stereocenters. The fourth-order valence-corrected chi connectivity index (χ4v) is 3.50. The molecule has 0 aliphatic carbocycles. The van der Waals surface area contributed by atoms with Crippen LogP contribution in [0.3, 0.4) is 0 Å². The SMILES string of the molecule is CCSc1cc(-c2ccc(OC(F)(F)F)cc2)cnc1C(=O)Nc1ccc(C(F)(F)F)cn1. The second-order valence-electron chi connectivity index (χ2n) is 6.46. The molecule has 0 aliphatic rings. The summed E-state index contributed by atoms with van der Waals surface area (Å²) in [6.07, 6.45) is -7.37. The van der Waals surface area contributed by atoms with Crippen LogP contribution in [0.5, 0.6) is 5.75 Å². The van der Waals surface area contributed by atoms with Gasteiger partial charge in [0, 0.05) is 22.9 Å². The molecule has 0 bridgehead atoms. The third-order valence-corrected chi connectivity index (χ3v) is 5.03. The first kappa shape index (κ1) is 24.4. The minimum Gasteiger partial charge on any atom is -0.406 e. The van der Waals surface area contributed by atoms with Gasteiger partial charge in [-0.2, -0.15) is 13.2 Å². The van der Waals surface area contributed by atoms with Gasteiger partial charge in [0.2, 0.25) is 0 Å². The average molecular weight is 487 g/mol. The highest BCUT2D eigenvalue weighted by Gasteiger charge is 2.31. The molecule has 2 heterocycles. The van der Waals surface area contributed by atoms with Gasteiger partial charge in [0.1, 0.15) is 17.3 Å². The van der Waals surface area contributed by atoms with E-state index in [1.807, 2.05) is 6.92 Å². The van der Waals surface area contributed by atoms with Crippen LogP contribution in [0.4, 0.5) is 32.2 Å². The molecule has 0 atom stereocenters. The molecular weight excluding hydrogens is 472 g/mol. The van der Waals surface area contributed by atoms with Crippen LogP contribution in [0.15, 0.2) is 59.8 Å².